The Labute approximate surface area is 172 Å². The number of H-pyrrole nitrogens is 1. The maximum Gasteiger partial charge on any atom is 0.193 e. The van der Waals surface area contributed by atoms with Gasteiger partial charge in [-0.2, -0.15) is 5.10 Å². The molecule has 1 aliphatic heterocycles. The summed E-state index contributed by atoms with van der Waals surface area (Å²) in [4.78, 5) is 11.1. The van der Waals surface area contributed by atoms with Crippen molar-refractivity contribution in [1.29, 1.82) is 0 Å². The molecule has 0 bridgehead atoms. The minimum atomic E-state index is 0.583. The Balaban J connectivity index is 1.37. The number of nitrogens with zero attached hydrogens (tertiary/aromatic N) is 4. The predicted molar refractivity (Wildman–Crippen MR) is 117 cm³/mol. The number of rotatable bonds is 4. The van der Waals surface area contributed by atoms with Gasteiger partial charge in [0, 0.05) is 32.2 Å². The molecule has 150 valence electrons. The molecule has 4 rings (SSSR count). The van der Waals surface area contributed by atoms with Gasteiger partial charge in [-0.15, -0.1) is 0 Å². The Morgan fingerprint density at radius 1 is 1.21 bits per heavy atom. The van der Waals surface area contributed by atoms with Gasteiger partial charge in [0.05, 0.1) is 0 Å². The molecule has 1 aliphatic rings. The highest BCUT2D eigenvalue weighted by Gasteiger charge is 2.28. The molecule has 3 aromatic rings. The van der Waals surface area contributed by atoms with Gasteiger partial charge >= 0.3 is 0 Å². The van der Waals surface area contributed by atoms with E-state index in [9.17, 15) is 0 Å². The number of guanidine groups is 1. The molecule has 0 saturated carbocycles. The number of likely N-dealkylation sites (tertiary alicyclic amines) is 1. The Kier molecular flexibility index (Phi) is 5.89. The quantitative estimate of drug-likeness (QED) is 0.528. The van der Waals surface area contributed by atoms with E-state index in [0.717, 1.165) is 43.4 Å². The Morgan fingerprint density at radius 3 is 2.79 bits per heavy atom. The molecule has 0 spiro atoms. The van der Waals surface area contributed by atoms with Gasteiger partial charge in [0.15, 0.2) is 11.8 Å². The second kappa shape index (κ2) is 8.90. The maximum absolute atomic E-state index is 4.53. The van der Waals surface area contributed by atoms with Crippen LogP contribution >= 0.6 is 0 Å². The first-order valence-corrected chi connectivity index (χ1v) is 10.2. The van der Waals surface area contributed by atoms with Crippen LogP contribution in [0.1, 0.15) is 30.4 Å². The van der Waals surface area contributed by atoms with Crippen molar-refractivity contribution in [2.75, 3.05) is 20.1 Å². The van der Waals surface area contributed by atoms with Crippen LogP contribution in [0.15, 0.2) is 65.9 Å². The van der Waals surface area contributed by atoms with Gasteiger partial charge in [0.2, 0.25) is 0 Å². The van der Waals surface area contributed by atoms with Crippen molar-refractivity contribution < 1.29 is 0 Å². The van der Waals surface area contributed by atoms with Crippen LogP contribution < -0.4 is 5.32 Å². The molecule has 0 amide bonds. The van der Waals surface area contributed by atoms with Crippen LogP contribution in [0.2, 0.25) is 0 Å². The number of benzene rings is 2. The molecule has 2 atom stereocenters. The fourth-order valence-corrected chi connectivity index (χ4v) is 4.22. The molecule has 2 unspecified atom stereocenters. The van der Waals surface area contributed by atoms with E-state index in [-0.39, 0.29) is 0 Å². The van der Waals surface area contributed by atoms with Crippen LogP contribution in [-0.2, 0) is 6.54 Å². The summed E-state index contributed by atoms with van der Waals surface area (Å²) < 4.78 is 0. The molecule has 1 aromatic heterocycles. The first-order chi connectivity index (χ1) is 14.2. The van der Waals surface area contributed by atoms with Crippen LogP contribution in [0.25, 0.3) is 11.4 Å². The summed E-state index contributed by atoms with van der Waals surface area (Å²) in [6.45, 7) is 5.10. The zero-order valence-corrected chi connectivity index (χ0v) is 17.0. The standard InChI is InChI=1S/C23H28N6/c1-17-15-29(12-11-21(17)19-8-4-3-5-9-19)23(24-2)25-14-18-7-6-10-20(13-18)22-26-16-27-28-22/h3-10,13,16-17,21H,11-12,14-15H2,1-2H3,(H,24,25)(H,26,27,28). The number of piperidine rings is 1. The average molecular weight is 389 g/mol. The topological polar surface area (TPSA) is 69.2 Å². The fraction of sp³-hybridized carbons (Fsp3) is 0.348. The van der Waals surface area contributed by atoms with Crippen LogP contribution in [0.4, 0.5) is 0 Å². The van der Waals surface area contributed by atoms with Crippen molar-refractivity contribution in [3.05, 3.63) is 72.1 Å². The van der Waals surface area contributed by atoms with Crippen LogP contribution in [-0.4, -0.2) is 46.2 Å². The molecule has 2 N–H and O–H groups in total. The number of hydrogen-bond acceptors (Lipinski definition) is 3. The Morgan fingerprint density at radius 2 is 2.07 bits per heavy atom. The summed E-state index contributed by atoms with van der Waals surface area (Å²) in [6.07, 6.45) is 2.68. The molecule has 6 nitrogen and oxygen atoms in total. The zero-order chi connectivity index (χ0) is 20.1. The van der Waals surface area contributed by atoms with E-state index in [1.54, 1.807) is 0 Å². The molecule has 0 radical (unpaired) electrons. The molecule has 2 heterocycles. The number of nitrogens with one attached hydrogen (secondary N) is 2. The molecule has 1 fully saturated rings. The van der Waals surface area contributed by atoms with E-state index in [1.165, 1.54) is 17.5 Å². The van der Waals surface area contributed by atoms with Gasteiger partial charge in [0.25, 0.3) is 0 Å². The van der Waals surface area contributed by atoms with Crippen molar-refractivity contribution >= 4 is 5.96 Å². The SMILES string of the molecule is CN=C(NCc1cccc(-c2ncn[nH]2)c1)N1CCC(c2ccccc2)C(C)C1. The van der Waals surface area contributed by atoms with Gasteiger partial charge in [-0.05, 0) is 35.4 Å². The average Bonchev–Trinajstić information content (AvgIpc) is 3.30. The monoisotopic (exact) mass is 388 g/mol. The number of aromatic nitrogens is 3. The lowest BCUT2D eigenvalue weighted by molar-refractivity contribution is 0.234. The molecular weight excluding hydrogens is 360 g/mol. The Hall–Kier alpha value is -3.15. The first-order valence-electron chi connectivity index (χ1n) is 10.2. The number of aromatic amines is 1. The van der Waals surface area contributed by atoms with Gasteiger partial charge < -0.3 is 10.2 Å². The summed E-state index contributed by atoms with van der Waals surface area (Å²) in [5.41, 5.74) is 3.67. The summed E-state index contributed by atoms with van der Waals surface area (Å²) >= 11 is 0. The van der Waals surface area contributed by atoms with E-state index in [2.05, 4.69) is 79.8 Å². The molecular formula is C23H28N6. The maximum atomic E-state index is 4.53. The normalized spacial score (nSPS) is 19.9. The van der Waals surface area contributed by atoms with Gasteiger partial charge in [-0.3, -0.25) is 10.1 Å². The van der Waals surface area contributed by atoms with Gasteiger partial charge in [0.1, 0.15) is 6.33 Å². The van der Waals surface area contributed by atoms with Crippen molar-refractivity contribution in [3.63, 3.8) is 0 Å². The van der Waals surface area contributed by atoms with Crippen molar-refractivity contribution in [1.82, 2.24) is 25.4 Å². The lowest BCUT2D eigenvalue weighted by Crippen LogP contribution is -2.47. The van der Waals surface area contributed by atoms with Crippen LogP contribution in [0.3, 0.4) is 0 Å². The van der Waals surface area contributed by atoms with Crippen molar-refractivity contribution in [2.45, 2.75) is 25.8 Å². The van der Waals surface area contributed by atoms with Crippen molar-refractivity contribution in [3.8, 4) is 11.4 Å². The lowest BCUT2D eigenvalue weighted by atomic mass is 9.82. The number of hydrogen-bond donors (Lipinski definition) is 2. The molecule has 0 aliphatic carbocycles. The summed E-state index contributed by atoms with van der Waals surface area (Å²) in [6, 6.07) is 19.2. The molecule has 6 heteroatoms. The minimum Gasteiger partial charge on any atom is -0.352 e. The second-order valence-corrected chi connectivity index (χ2v) is 7.66. The smallest absolute Gasteiger partial charge is 0.193 e. The van der Waals surface area contributed by atoms with E-state index >= 15 is 0 Å². The predicted octanol–water partition coefficient (Wildman–Crippen LogP) is 3.67. The first kappa shape index (κ1) is 19.2. The Bertz CT molecular complexity index is 935. The summed E-state index contributed by atoms with van der Waals surface area (Å²) in [7, 11) is 1.86. The van der Waals surface area contributed by atoms with Crippen LogP contribution in [0, 0.1) is 5.92 Å². The summed E-state index contributed by atoms with van der Waals surface area (Å²) in [5, 5.41) is 10.4. The highest BCUT2D eigenvalue weighted by atomic mass is 15.3. The highest BCUT2D eigenvalue weighted by Crippen LogP contribution is 2.32. The van der Waals surface area contributed by atoms with Gasteiger partial charge in [-0.1, -0.05) is 55.5 Å². The number of aliphatic imine (C=N–C) groups is 1. The van der Waals surface area contributed by atoms with Crippen molar-refractivity contribution in [2.24, 2.45) is 10.9 Å². The largest absolute Gasteiger partial charge is 0.352 e. The van der Waals surface area contributed by atoms with E-state index in [0.29, 0.717) is 11.8 Å². The third kappa shape index (κ3) is 4.47. The molecule has 2 aromatic carbocycles. The fourth-order valence-electron chi connectivity index (χ4n) is 4.22. The minimum absolute atomic E-state index is 0.583. The highest BCUT2D eigenvalue weighted by molar-refractivity contribution is 5.80. The zero-order valence-electron chi connectivity index (χ0n) is 17.0. The van der Waals surface area contributed by atoms with E-state index in [1.807, 2.05) is 19.2 Å². The third-order valence-electron chi connectivity index (χ3n) is 5.71. The molecule has 29 heavy (non-hydrogen) atoms. The van der Waals surface area contributed by atoms with Gasteiger partial charge in [-0.25, -0.2) is 4.98 Å². The van der Waals surface area contributed by atoms with E-state index in [4.69, 9.17) is 0 Å². The van der Waals surface area contributed by atoms with Crippen LogP contribution in [0.5, 0.6) is 0 Å². The lowest BCUT2D eigenvalue weighted by Gasteiger charge is -2.39. The second-order valence-electron chi connectivity index (χ2n) is 7.66. The third-order valence-corrected chi connectivity index (χ3v) is 5.71. The molecule has 1 saturated heterocycles. The summed E-state index contributed by atoms with van der Waals surface area (Å²) in [5.74, 6) is 2.95. The van der Waals surface area contributed by atoms with E-state index < -0.39 is 0 Å².